The minimum Gasteiger partial charge on any atom is -0.391 e. The molecular weight excluding hydrogens is 446 g/mol. The summed E-state index contributed by atoms with van der Waals surface area (Å²) >= 11 is 0. The van der Waals surface area contributed by atoms with Gasteiger partial charge in [-0.25, -0.2) is 13.1 Å². The Morgan fingerprint density at radius 1 is 1.34 bits per heavy atom. The summed E-state index contributed by atoms with van der Waals surface area (Å²) < 4.78 is 27.4. The molecule has 1 fully saturated rings. The van der Waals surface area contributed by atoms with Crippen molar-refractivity contribution in [1.82, 2.24) is 14.9 Å². The van der Waals surface area contributed by atoms with Crippen LogP contribution in [0.5, 0.6) is 0 Å². The van der Waals surface area contributed by atoms with E-state index < -0.39 is 38.6 Å². The maximum atomic E-state index is 12.7. The lowest BCUT2D eigenvalue weighted by molar-refractivity contribution is -0.385. The number of oxime groups is 1. The molecule has 2 rings (SSSR count). The van der Waals surface area contributed by atoms with E-state index in [0.29, 0.717) is 13.0 Å². The monoisotopic (exact) mass is 471 g/mol. The van der Waals surface area contributed by atoms with Crippen molar-refractivity contribution in [2.45, 2.75) is 24.6 Å². The van der Waals surface area contributed by atoms with Crippen molar-refractivity contribution < 1.29 is 27.8 Å². The number of nitrogens with two attached hydrogens (primary N) is 2. The molecule has 1 saturated heterocycles. The largest absolute Gasteiger partial charge is 0.391 e. The standard InChI is InChI=1S/C17H25N7O7S/c18-17(19)21-31-9-7-20-15(25)10-23-8-3-5-13(16(23)26)22-32(29,30)11-12-4-1-2-6-14(12)24(27)28/h1-2,4,6,13,22H,3,5,7-11H2,(H,20,25)(H4,18,19,21)/t13-/m0/s1. The molecule has 0 spiro atoms. The summed E-state index contributed by atoms with van der Waals surface area (Å²) in [4.78, 5) is 41.1. The van der Waals surface area contributed by atoms with E-state index in [2.05, 4.69) is 15.2 Å². The fraction of sp³-hybridized carbons (Fsp3) is 0.471. The van der Waals surface area contributed by atoms with Crippen molar-refractivity contribution in [2.24, 2.45) is 16.6 Å². The Hall–Kier alpha value is -3.46. The van der Waals surface area contributed by atoms with Crippen LogP contribution in [-0.4, -0.2) is 68.3 Å². The Morgan fingerprint density at radius 3 is 2.75 bits per heavy atom. The Kier molecular flexibility index (Phi) is 8.71. The molecule has 1 aromatic carbocycles. The first-order valence-electron chi connectivity index (χ1n) is 9.58. The Morgan fingerprint density at radius 2 is 2.06 bits per heavy atom. The summed E-state index contributed by atoms with van der Waals surface area (Å²) in [6.07, 6.45) is 0.727. The molecule has 1 aliphatic rings. The van der Waals surface area contributed by atoms with Gasteiger partial charge in [-0.3, -0.25) is 19.7 Å². The second-order valence-electron chi connectivity index (χ2n) is 6.92. The number of hydrogen-bond acceptors (Lipinski definition) is 8. The number of rotatable bonds is 11. The third-order valence-corrected chi connectivity index (χ3v) is 5.74. The number of sulfonamides is 1. The molecule has 0 unspecified atom stereocenters. The molecule has 15 heteroatoms. The summed E-state index contributed by atoms with van der Waals surface area (Å²) in [7, 11) is -4.05. The molecule has 1 atom stereocenters. The minimum atomic E-state index is -4.05. The van der Waals surface area contributed by atoms with Gasteiger partial charge < -0.3 is 26.5 Å². The number of guanidine groups is 1. The predicted octanol–water partition coefficient (Wildman–Crippen LogP) is -1.67. The van der Waals surface area contributed by atoms with E-state index in [9.17, 15) is 28.1 Å². The molecule has 32 heavy (non-hydrogen) atoms. The highest BCUT2D eigenvalue weighted by molar-refractivity contribution is 7.88. The zero-order valence-electron chi connectivity index (χ0n) is 17.1. The van der Waals surface area contributed by atoms with Gasteiger partial charge in [-0.2, -0.15) is 0 Å². The van der Waals surface area contributed by atoms with Crippen LogP contribution in [0, 0.1) is 10.1 Å². The molecule has 6 N–H and O–H groups in total. The predicted molar refractivity (Wildman–Crippen MR) is 113 cm³/mol. The van der Waals surface area contributed by atoms with Gasteiger partial charge in [0.1, 0.15) is 12.6 Å². The average molecular weight is 471 g/mol. The van der Waals surface area contributed by atoms with E-state index in [1.54, 1.807) is 0 Å². The molecule has 0 radical (unpaired) electrons. The van der Waals surface area contributed by atoms with Gasteiger partial charge in [-0.1, -0.05) is 18.2 Å². The van der Waals surface area contributed by atoms with Crippen LogP contribution in [0.1, 0.15) is 18.4 Å². The molecule has 0 saturated carbocycles. The van der Waals surface area contributed by atoms with E-state index in [1.807, 2.05) is 0 Å². The van der Waals surface area contributed by atoms with Gasteiger partial charge >= 0.3 is 0 Å². The summed E-state index contributed by atoms with van der Waals surface area (Å²) in [5.41, 5.74) is 9.86. The fourth-order valence-electron chi connectivity index (χ4n) is 3.07. The zero-order valence-corrected chi connectivity index (χ0v) is 17.9. The first kappa shape index (κ1) is 24.8. The van der Waals surface area contributed by atoms with E-state index in [-0.39, 0.29) is 43.3 Å². The number of nitrogens with zero attached hydrogens (tertiary/aromatic N) is 3. The average Bonchev–Trinajstić information content (AvgIpc) is 2.70. The molecule has 1 aliphatic heterocycles. The second kappa shape index (κ2) is 11.2. The number of amides is 2. The van der Waals surface area contributed by atoms with Crippen molar-refractivity contribution in [1.29, 1.82) is 0 Å². The van der Waals surface area contributed by atoms with Gasteiger partial charge in [0.05, 0.1) is 23.8 Å². The van der Waals surface area contributed by atoms with Crippen molar-refractivity contribution >= 4 is 33.5 Å². The zero-order chi connectivity index (χ0) is 23.7. The maximum Gasteiger partial charge on any atom is 0.273 e. The molecule has 14 nitrogen and oxygen atoms in total. The number of nitrogens with one attached hydrogen (secondary N) is 2. The van der Waals surface area contributed by atoms with Crippen LogP contribution in [0.2, 0.25) is 0 Å². The molecule has 1 heterocycles. The van der Waals surface area contributed by atoms with Crippen LogP contribution in [0.15, 0.2) is 29.4 Å². The van der Waals surface area contributed by atoms with Crippen molar-refractivity contribution in [3.05, 3.63) is 39.9 Å². The molecule has 0 aliphatic carbocycles. The second-order valence-corrected chi connectivity index (χ2v) is 8.67. The molecular formula is C17H25N7O7S. The summed E-state index contributed by atoms with van der Waals surface area (Å²) in [6.45, 7) is 0.151. The summed E-state index contributed by atoms with van der Waals surface area (Å²) in [5.74, 6) is -1.92. The van der Waals surface area contributed by atoms with Crippen molar-refractivity contribution in [3.8, 4) is 0 Å². The van der Waals surface area contributed by atoms with Gasteiger partial charge in [0.2, 0.25) is 27.8 Å². The molecule has 0 aromatic heterocycles. The lowest BCUT2D eigenvalue weighted by Gasteiger charge is -2.32. The Bertz CT molecular complexity index is 979. The van der Waals surface area contributed by atoms with Crippen LogP contribution < -0.4 is 21.5 Å². The number of piperidine rings is 1. The topological polar surface area (TPSA) is 212 Å². The van der Waals surface area contributed by atoms with E-state index in [1.165, 1.54) is 29.2 Å². The molecule has 0 bridgehead atoms. The minimum absolute atomic E-state index is 0.00689. The summed E-state index contributed by atoms with van der Waals surface area (Å²) in [5, 5.41) is 16.9. The molecule has 2 amide bonds. The van der Waals surface area contributed by atoms with Crippen LogP contribution in [0.3, 0.4) is 0 Å². The Labute approximate surface area is 184 Å². The van der Waals surface area contributed by atoms with Gasteiger partial charge in [0, 0.05) is 18.2 Å². The van der Waals surface area contributed by atoms with E-state index in [0.717, 1.165) is 0 Å². The number of hydrogen-bond donors (Lipinski definition) is 4. The number of carbonyl (C=O) groups excluding carboxylic acids is 2. The van der Waals surface area contributed by atoms with Crippen LogP contribution >= 0.6 is 0 Å². The SMILES string of the molecule is NC(N)=NOCCNC(=O)CN1CCC[C@H](NS(=O)(=O)Cc2ccccc2[N+](=O)[O-])C1=O. The quantitative estimate of drug-likeness (QED) is 0.0953. The highest BCUT2D eigenvalue weighted by Gasteiger charge is 2.33. The van der Waals surface area contributed by atoms with E-state index >= 15 is 0 Å². The lowest BCUT2D eigenvalue weighted by atomic mass is 10.1. The van der Waals surface area contributed by atoms with E-state index in [4.69, 9.17) is 16.3 Å². The number of likely N-dealkylation sites (tertiary alicyclic amines) is 1. The third kappa shape index (κ3) is 7.66. The summed E-state index contributed by atoms with van der Waals surface area (Å²) in [6, 6.07) is 4.41. The highest BCUT2D eigenvalue weighted by Crippen LogP contribution is 2.21. The van der Waals surface area contributed by atoms with Gasteiger partial charge in [-0.15, -0.1) is 0 Å². The fourth-order valence-corrected chi connectivity index (χ4v) is 4.46. The maximum absolute atomic E-state index is 12.7. The number of nitro benzene ring substituents is 1. The molecule has 1 aromatic rings. The molecule has 176 valence electrons. The van der Waals surface area contributed by atoms with Crippen molar-refractivity contribution in [2.75, 3.05) is 26.2 Å². The first-order valence-corrected chi connectivity index (χ1v) is 11.2. The number of carbonyl (C=O) groups is 2. The third-order valence-electron chi connectivity index (χ3n) is 4.41. The van der Waals surface area contributed by atoms with Crippen LogP contribution in [-0.2, 0) is 30.2 Å². The number of benzene rings is 1. The van der Waals surface area contributed by atoms with Gasteiger partial charge in [-0.05, 0) is 18.0 Å². The van der Waals surface area contributed by atoms with Crippen LogP contribution in [0.25, 0.3) is 0 Å². The highest BCUT2D eigenvalue weighted by atomic mass is 32.2. The van der Waals surface area contributed by atoms with Crippen molar-refractivity contribution in [3.63, 3.8) is 0 Å². The number of nitro groups is 1. The normalized spacial score (nSPS) is 16.3. The lowest BCUT2D eigenvalue weighted by Crippen LogP contribution is -2.54. The van der Waals surface area contributed by atoms with Gasteiger partial charge in [0.25, 0.3) is 5.69 Å². The number of para-hydroxylation sites is 1. The first-order chi connectivity index (χ1) is 15.1. The van der Waals surface area contributed by atoms with Gasteiger partial charge in [0.15, 0.2) is 0 Å². The Balaban J connectivity index is 1.91. The van der Waals surface area contributed by atoms with Crippen LogP contribution in [0.4, 0.5) is 5.69 Å². The smallest absolute Gasteiger partial charge is 0.273 e.